The minimum atomic E-state index is -4.41. The maximum absolute atomic E-state index is 11.3. The highest BCUT2D eigenvalue weighted by Gasteiger charge is 2.18. The average Bonchev–Trinajstić information content (AvgIpc) is 2.27. The molecule has 0 rings (SSSR count). The molecule has 0 radical (unpaired) electrons. The van der Waals surface area contributed by atoms with Gasteiger partial charge in [-0.15, -0.1) is 0 Å². The quantitative estimate of drug-likeness (QED) is 0.328. The molecule has 0 saturated heterocycles. The van der Waals surface area contributed by atoms with Gasteiger partial charge in [0, 0.05) is 5.57 Å². The van der Waals surface area contributed by atoms with Crippen molar-refractivity contribution in [3.8, 4) is 0 Å². The Hall–Kier alpha value is -0.960. The number of amides is 1. The zero-order chi connectivity index (χ0) is 16.6. The molecule has 120 valence electrons. The van der Waals surface area contributed by atoms with Gasteiger partial charge < -0.3 is 14.4 Å². The third kappa shape index (κ3) is 13.5. The van der Waals surface area contributed by atoms with E-state index in [0.29, 0.717) is 5.57 Å². The van der Waals surface area contributed by atoms with E-state index in [1.165, 1.54) is 0 Å². The van der Waals surface area contributed by atoms with Crippen LogP contribution in [-0.4, -0.2) is 63.7 Å². The number of rotatable bonds is 6. The molecular formula is C12H26N2O5S. The van der Waals surface area contributed by atoms with Gasteiger partial charge in [0.05, 0.1) is 40.3 Å². The predicted octanol–water partition coefficient (Wildman–Crippen LogP) is 0.257. The summed E-state index contributed by atoms with van der Waals surface area (Å²) in [6, 6.07) is 0.189. The molecule has 0 fully saturated rings. The van der Waals surface area contributed by atoms with Crippen LogP contribution in [0.15, 0.2) is 12.2 Å². The monoisotopic (exact) mass is 310 g/mol. The van der Waals surface area contributed by atoms with Crippen LogP contribution in [0.2, 0.25) is 0 Å². The van der Waals surface area contributed by atoms with Crippen LogP contribution >= 0.6 is 0 Å². The largest absolute Gasteiger partial charge is 0.726 e. The zero-order valence-electron chi connectivity index (χ0n) is 13.1. The van der Waals surface area contributed by atoms with Crippen molar-refractivity contribution in [1.82, 2.24) is 5.32 Å². The van der Waals surface area contributed by atoms with Gasteiger partial charge in [0.1, 0.15) is 0 Å². The SMILES string of the molecule is C=C(C)C(=O)NC(C)C[N+](C)(C)CC.COS(=O)(=O)[O-]. The van der Waals surface area contributed by atoms with E-state index in [1.807, 2.05) is 6.92 Å². The van der Waals surface area contributed by atoms with Crippen molar-refractivity contribution in [1.29, 1.82) is 0 Å². The lowest BCUT2D eigenvalue weighted by molar-refractivity contribution is -0.889. The number of hydrogen-bond donors (Lipinski definition) is 1. The first-order chi connectivity index (χ1) is 8.84. The Bertz CT molecular complexity index is 418. The molecule has 0 heterocycles. The molecule has 8 heteroatoms. The van der Waals surface area contributed by atoms with Crippen molar-refractivity contribution in [2.24, 2.45) is 0 Å². The van der Waals surface area contributed by atoms with Crippen LogP contribution in [0.25, 0.3) is 0 Å². The summed E-state index contributed by atoms with van der Waals surface area (Å²) in [6.07, 6.45) is 0. The van der Waals surface area contributed by atoms with Gasteiger partial charge in [-0.2, -0.15) is 0 Å². The van der Waals surface area contributed by atoms with E-state index >= 15 is 0 Å². The molecule has 0 aromatic carbocycles. The third-order valence-corrected chi connectivity index (χ3v) is 3.00. The smallest absolute Gasteiger partial charge is 0.246 e. The first-order valence-electron chi connectivity index (χ1n) is 6.14. The van der Waals surface area contributed by atoms with Gasteiger partial charge >= 0.3 is 0 Å². The Morgan fingerprint density at radius 2 is 1.85 bits per heavy atom. The van der Waals surface area contributed by atoms with Crippen LogP contribution in [0.3, 0.4) is 0 Å². The molecule has 0 aliphatic rings. The van der Waals surface area contributed by atoms with Crippen LogP contribution in [0.5, 0.6) is 0 Å². The fourth-order valence-corrected chi connectivity index (χ4v) is 1.26. The van der Waals surface area contributed by atoms with E-state index in [-0.39, 0.29) is 11.9 Å². The van der Waals surface area contributed by atoms with Crippen molar-refractivity contribution < 1.29 is 26.4 Å². The Morgan fingerprint density at radius 3 is 2.10 bits per heavy atom. The lowest BCUT2D eigenvalue weighted by Crippen LogP contribution is -2.49. The summed E-state index contributed by atoms with van der Waals surface area (Å²) in [7, 11) is 0.708. The Balaban J connectivity index is 0. The van der Waals surface area contributed by atoms with Gasteiger partial charge in [-0.25, -0.2) is 8.42 Å². The Morgan fingerprint density at radius 1 is 1.45 bits per heavy atom. The summed E-state index contributed by atoms with van der Waals surface area (Å²) in [5.74, 6) is -0.0476. The topological polar surface area (TPSA) is 95.5 Å². The van der Waals surface area contributed by atoms with E-state index in [0.717, 1.165) is 24.7 Å². The van der Waals surface area contributed by atoms with Crippen LogP contribution in [-0.2, 0) is 19.4 Å². The first-order valence-corrected chi connectivity index (χ1v) is 7.47. The zero-order valence-corrected chi connectivity index (χ0v) is 13.9. The molecule has 20 heavy (non-hydrogen) atoms. The fraction of sp³-hybridized carbons (Fsp3) is 0.750. The van der Waals surface area contributed by atoms with Crippen molar-refractivity contribution in [2.45, 2.75) is 26.8 Å². The molecule has 0 aromatic heterocycles. The van der Waals surface area contributed by atoms with Crippen molar-refractivity contribution in [3.63, 3.8) is 0 Å². The second-order valence-corrected chi connectivity index (χ2v) is 6.31. The highest BCUT2D eigenvalue weighted by atomic mass is 32.3. The Kier molecular flexibility index (Phi) is 9.67. The normalized spacial score (nSPS) is 12.9. The lowest BCUT2D eigenvalue weighted by Gasteiger charge is -2.31. The fourth-order valence-electron chi connectivity index (χ4n) is 1.26. The number of carbonyl (C=O) groups is 1. The molecule has 0 aromatic rings. The van der Waals surface area contributed by atoms with Gasteiger partial charge in [-0.3, -0.25) is 8.98 Å². The van der Waals surface area contributed by atoms with E-state index < -0.39 is 10.4 Å². The van der Waals surface area contributed by atoms with Crippen LogP contribution in [0.4, 0.5) is 0 Å². The molecule has 0 spiro atoms. The van der Waals surface area contributed by atoms with Crippen molar-refractivity contribution in [2.75, 3.05) is 34.3 Å². The average molecular weight is 310 g/mol. The summed E-state index contributed by atoms with van der Waals surface area (Å²) in [4.78, 5) is 11.3. The van der Waals surface area contributed by atoms with E-state index in [4.69, 9.17) is 0 Å². The number of likely N-dealkylation sites (N-methyl/N-ethyl adjacent to an activating group) is 1. The standard InChI is InChI=1S/C11H22N2O.CH4O4S/c1-7-13(5,6)8-10(4)12-11(14)9(2)3;1-5-6(2,3)4/h10H,2,7-8H2,1,3-6H3;1H3,(H,2,3,4). The summed E-state index contributed by atoms with van der Waals surface area (Å²) >= 11 is 0. The molecule has 1 N–H and O–H groups in total. The maximum atomic E-state index is 11.3. The first kappa shape index (κ1) is 21.3. The van der Waals surface area contributed by atoms with Gasteiger partial charge in [-0.1, -0.05) is 6.58 Å². The molecule has 7 nitrogen and oxygen atoms in total. The summed E-state index contributed by atoms with van der Waals surface area (Å²) < 4.78 is 31.9. The van der Waals surface area contributed by atoms with Crippen LogP contribution < -0.4 is 5.32 Å². The molecule has 0 bridgehead atoms. The second-order valence-electron chi connectivity index (χ2n) is 5.16. The third-order valence-electron chi connectivity index (χ3n) is 2.59. The lowest BCUT2D eigenvalue weighted by atomic mass is 10.2. The minimum Gasteiger partial charge on any atom is -0.726 e. The van der Waals surface area contributed by atoms with Crippen LogP contribution in [0, 0.1) is 0 Å². The van der Waals surface area contributed by atoms with Crippen LogP contribution in [0.1, 0.15) is 20.8 Å². The van der Waals surface area contributed by atoms with E-state index in [2.05, 4.69) is 37.1 Å². The predicted molar refractivity (Wildman–Crippen MR) is 76.6 cm³/mol. The molecule has 1 amide bonds. The van der Waals surface area contributed by atoms with Crippen molar-refractivity contribution in [3.05, 3.63) is 12.2 Å². The van der Waals surface area contributed by atoms with Crippen molar-refractivity contribution >= 4 is 16.3 Å². The highest BCUT2D eigenvalue weighted by Crippen LogP contribution is 1.99. The molecular weight excluding hydrogens is 284 g/mol. The van der Waals surface area contributed by atoms with Gasteiger partial charge in [0.2, 0.25) is 16.3 Å². The summed E-state index contributed by atoms with van der Waals surface area (Å²) in [5.41, 5.74) is 0.568. The molecule has 1 atom stereocenters. The Labute approximate surface area is 122 Å². The molecule has 0 aliphatic heterocycles. The van der Waals surface area contributed by atoms with Gasteiger partial charge in [0.25, 0.3) is 0 Å². The number of nitrogens with one attached hydrogen (secondary N) is 1. The van der Waals surface area contributed by atoms with E-state index in [9.17, 15) is 17.8 Å². The molecule has 0 saturated carbocycles. The number of carbonyl (C=O) groups excluding carboxylic acids is 1. The van der Waals surface area contributed by atoms with Gasteiger partial charge in [-0.05, 0) is 20.8 Å². The van der Waals surface area contributed by atoms with E-state index in [1.54, 1.807) is 6.92 Å². The second kappa shape index (κ2) is 9.06. The summed E-state index contributed by atoms with van der Waals surface area (Å²) in [6.45, 7) is 11.5. The number of quaternary nitrogens is 1. The summed E-state index contributed by atoms with van der Waals surface area (Å²) in [5, 5.41) is 2.92. The maximum Gasteiger partial charge on any atom is 0.246 e. The number of nitrogens with zero attached hydrogens (tertiary/aromatic N) is 1. The highest BCUT2D eigenvalue weighted by molar-refractivity contribution is 7.80. The number of hydrogen-bond acceptors (Lipinski definition) is 5. The van der Waals surface area contributed by atoms with Gasteiger partial charge in [0.15, 0.2) is 0 Å². The molecule has 0 aliphatic carbocycles. The minimum absolute atomic E-state index is 0.0476. The molecule has 1 unspecified atom stereocenters.